The van der Waals surface area contributed by atoms with E-state index < -0.39 is 5.91 Å². The third kappa shape index (κ3) is 2.66. The molecule has 1 amide bonds. The van der Waals surface area contributed by atoms with Gasteiger partial charge >= 0.3 is 0 Å². The third-order valence-electron chi connectivity index (χ3n) is 4.91. The summed E-state index contributed by atoms with van der Waals surface area (Å²) in [4.78, 5) is 25.0. The van der Waals surface area contributed by atoms with Crippen LogP contribution >= 0.6 is 0 Å². The van der Waals surface area contributed by atoms with Gasteiger partial charge < -0.3 is 19.6 Å². The predicted molar refractivity (Wildman–Crippen MR) is 105 cm³/mol. The van der Waals surface area contributed by atoms with E-state index in [0.29, 0.717) is 17.6 Å². The number of amides is 1. The number of carbonyl (C=O) groups is 1. The molecule has 0 saturated heterocycles. The summed E-state index contributed by atoms with van der Waals surface area (Å²) in [5, 5.41) is 1.38. The van der Waals surface area contributed by atoms with Gasteiger partial charge in [-0.3, -0.25) is 9.59 Å². The minimum Gasteiger partial charge on any atom is -0.497 e. The van der Waals surface area contributed by atoms with Gasteiger partial charge in [-0.15, -0.1) is 0 Å². The van der Waals surface area contributed by atoms with Crippen LogP contribution < -0.4 is 16.0 Å². The number of aryl methyl sites for hydroxylation is 1. The van der Waals surface area contributed by atoms with E-state index in [1.54, 1.807) is 29.4 Å². The van der Waals surface area contributed by atoms with Crippen molar-refractivity contribution >= 4 is 27.7 Å². The molecule has 2 heterocycles. The molecule has 0 atom stereocenters. The Morgan fingerprint density at radius 1 is 1.07 bits per heavy atom. The molecule has 27 heavy (non-hydrogen) atoms. The van der Waals surface area contributed by atoms with Gasteiger partial charge in [0.1, 0.15) is 11.4 Å². The number of benzene rings is 2. The van der Waals surface area contributed by atoms with Crippen LogP contribution in [-0.4, -0.2) is 22.2 Å². The first-order valence-corrected chi connectivity index (χ1v) is 8.55. The number of aromatic nitrogens is 2. The lowest BCUT2D eigenvalue weighted by Gasteiger charge is -2.13. The van der Waals surface area contributed by atoms with Gasteiger partial charge in [0, 0.05) is 12.4 Å². The molecule has 6 nitrogen and oxygen atoms in total. The van der Waals surface area contributed by atoms with Crippen LogP contribution in [0.2, 0.25) is 0 Å². The Bertz CT molecular complexity index is 1230. The normalized spacial score (nSPS) is 11.2. The Kier molecular flexibility index (Phi) is 3.96. The molecule has 0 radical (unpaired) electrons. The highest BCUT2D eigenvalue weighted by molar-refractivity contribution is 6.07. The lowest BCUT2D eigenvalue weighted by atomic mass is 10.1. The highest BCUT2D eigenvalue weighted by atomic mass is 16.5. The average Bonchev–Trinajstić information content (AvgIpc) is 3.03. The minimum atomic E-state index is -0.557. The average molecular weight is 361 g/mol. The van der Waals surface area contributed by atoms with Crippen molar-refractivity contribution in [1.82, 2.24) is 9.13 Å². The first-order chi connectivity index (χ1) is 13.0. The number of rotatable bonds is 4. The molecule has 0 saturated carbocycles. The second-order valence-electron chi connectivity index (χ2n) is 6.47. The van der Waals surface area contributed by atoms with Crippen LogP contribution in [0.4, 0.5) is 0 Å². The molecule has 0 aliphatic rings. The lowest BCUT2D eigenvalue weighted by Crippen LogP contribution is -2.21. The summed E-state index contributed by atoms with van der Waals surface area (Å²) in [6.07, 6.45) is 0. The Morgan fingerprint density at radius 2 is 1.78 bits per heavy atom. The van der Waals surface area contributed by atoms with Gasteiger partial charge in [0.15, 0.2) is 0 Å². The Morgan fingerprint density at radius 3 is 2.44 bits per heavy atom. The van der Waals surface area contributed by atoms with Crippen LogP contribution in [0.1, 0.15) is 16.1 Å². The van der Waals surface area contributed by atoms with Crippen molar-refractivity contribution in [3.05, 3.63) is 76.2 Å². The van der Waals surface area contributed by atoms with Crippen molar-refractivity contribution in [2.75, 3.05) is 7.11 Å². The summed E-state index contributed by atoms with van der Waals surface area (Å²) in [7, 11) is 3.37. The summed E-state index contributed by atoms with van der Waals surface area (Å²) in [6.45, 7) is 0.417. The maximum absolute atomic E-state index is 13.2. The van der Waals surface area contributed by atoms with Crippen LogP contribution in [-0.2, 0) is 13.6 Å². The number of ether oxygens (including phenoxy) is 1. The Labute approximate surface area is 155 Å². The number of pyridine rings is 1. The molecule has 0 aliphatic heterocycles. The zero-order valence-electron chi connectivity index (χ0n) is 15.1. The number of methoxy groups -OCH3 is 1. The topological polar surface area (TPSA) is 79.2 Å². The van der Waals surface area contributed by atoms with E-state index >= 15 is 0 Å². The first kappa shape index (κ1) is 16.9. The highest BCUT2D eigenvalue weighted by Gasteiger charge is 2.18. The van der Waals surface area contributed by atoms with E-state index in [1.165, 1.54) is 0 Å². The van der Waals surface area contributed by atoms with Gasteiger partial charge in [-0.2, -0.15) is 0 Å². The fraction of sp³-hybridized carbons (Fsp3) is 0.143. The van der Waals surface area contributed by atoms with E-state index in [9.17, 15) is 9.59 Å². The standard InChI is InChI=1S/C21H19N3O3/c1-23-18(20(22)25)11-16-19(23)15-5-3-4-6-17(15)24(21(16)26)12-13-7-9-14(27-2)10-8-13/h3-11H,12H2,1-2H3,(H2,22,25). The Balaban J connectivity index is 2.00. The van der Waals surface area contributed by atoms with Crippen LogP contribution in [0, 0.1) is 0 Å². The number of hydrogen-bond donors (Lipinski definition) is 1. The van der Waals surface area contributed by atoms with E-state index in [1.807, 2.05) is 48.5 Å². The van der Waals surface area contributed by atoms with Crippen molar-refractivity contribution in [2.24, 2.45) is 12.8 Å². The van der Waals surface area contributed by atoms with Gasteiger partial charge in [-0.25, -0.2) is 0 Å². The lowest BCUT2D eigenvalue weighted by molar-refractivity contribution is 0.0993. The summed E-state index contributed by atoms with van der Waals surface area (Å²) in [6, 6.07) is 16.9. The number of fused-ring (bicyclic) bond motifs is 3. The second-order valence-corrected chi connectivity index (χ2v) is 6.47. The fourth-order valence-corrected chi connectivity index (χ4v) is 3.56. The quantitative estimate of drug-likeness (QED) is 0.607. The van der Waals surface area contributed by atoms with Crippen molar-refractivity contribution in [1.29, 1.82) is 0 Å². The summed E-state index contributed by atoms with van der Waals surface area (Å²) >= 11 is 0. The zero-order chi connectivity index (χ0) is 19.1. The fourth-order valence-electron chi connectivity index (χ4n) is 3.56. The molecule has 4 rings (SSSR count). The maximum Gasteiger partial charge on any atom is 0.265 e. The number of hydrogen-bond acceptors (Lipinski definition) is 3. The van der Waals surface area contributed by atoms with E-state index in [-0.39, 0.29) is 5.56 Å². The monoisotopic (exact) mass is 361 g/mol. The Hall–Kier alpha value is -3.54. The molecule has 0 fully saturated rings. The molecule has 6 heteroatoms. The van der Waals surface area contributed by atoms with Gasteiger partial charge in [-0.1, -0.05) is 30.3 Å². The molecule has 0 aliphatic carbocycles. The van der Waals surface area contributed by atoms with Gasteiger partial charge in [-0.05, 0) is 29.8 Å². The molecule has 0 unspecified atom stereocenters. The second kappa shape index (κ2) is 6.32. The summed E-state index contributed by atoms with van der Waals surface area (Å²) < 4.78 is 8.61. The molecule has 2 aromatic heterocycles. The van der Waals surface area contributed by atoms with Crippen LogP contribution in [0.15, 0.2) is 59.4 Å². The van der Waals surface area contributed by atoms with Crippen LogP contribution in [0.25, 0.3) is 21.8 Å². The number of carbonyl (C=O) groups excluding carboxylic acids is 1. The first-order valence-electron chi connectivity index (χ1n) is 8.55. The highest BCUT2D eigenvalue weighted by Crippen LogP contribution is 2.26. The number of primary amides is 1. The van der Waals surface area contributed by atoms with Crippen molar-refractivity contribution in [3.8, 4) is 5.75 Å². The number of para-hydroxylation sites is 1. The van der Waals surface area contributed by atoms with Crippen molar-refractivity contribution in [2.45, 2.75) is 6.54 Å². The predicted octanol–water partition coefficient (Wildman–Crippen LogP) is 2.65. The summed E-state index contributed by atoms with van der Waals surface area (Å²) in [5.41, 5.74) is 8.15. The largest absolute Gasteiger partial charge is 0.497 e. The molecule has 0 spiro atoms. The van der Waals surface area contributed by atoms with Crippen molar-refractivity contribution < 1.29 is 9.53 Å². The minimum absolute atomic E-state index is 0.150. The SMILES string of the molecule is COc1ccc(Cn2c(=O)c3cc(C(N)=O)n(C)c3c3ccccc32)cc1. The number of nitrogens with two attached hydrogens (primary N) is 1. The molecule has 0 bridgehead atoms. The molecular weight excluding hydrogens is 342 g/mol. The van der Waals surface area contributed by atoms with E-state index in [2.05, 4.69) is 0 Å². The van der Waals surface area contributed by atoms with E-state index in [4.69, 9.17) is 10.5 Å². The van der Waals surface area contributed by atoms with Gasteiger partial charge in [0.05, 0.1) is 30.1 Å². The third-order valence-corrected chi connectivity index (χ3v) is 4.91. The number of nitrogens with zero attached hydrogens (tertiary/aromatic N) is 2. The zero-order valence-corrected chi connectivity index (χ0v) is 15.1. The molecular formula is C21H19N3O3. The van der Waals surface area contributed by atoms with E-state index in [0.717, 1.165) is 27.7 Å². The smallest absolute Gasteiger partial charge is 0.265 e. The molecule has 136 valence electrons. The van der Waals surface area contributed by atoms with Crippen LogP contribution in [0.5, 0.6) is 5.75 Å². The maximum atomic E-state index is 13.2. The molecule has 2 N–H and O–H groups in total. The van der Waals surface area contributed by atoms with Gasteiger partial charge in [0.25, 0.3) is 11.5 Å². The van der Waals surface area contributed by atoms with Crippen LogP contribution in [0.3, 0.4) is 0 Å². The van der Waals surface area contributed by atoms with Gasteiger partial charge in [0.2, 0.25) is 0 Å². The molecule has 4 aromatic rings. The van der Waals surface area contributed by atoms with Crippen molar-refractivity contribution in [3.63, 3.8) is 0 Å². The summed E-state index contributed by atoms with van der Waals surface area (Å²) in [5.74, 6) is 0.208. The molecule has 2 aromatic carbocycles.